The van der Waals surface area contributed by atoms with Gasteiger partial charge in [0, 0.05) is 18.0 Å². The molecule has 0 radical (unpaired) electrons. The Kier molecular flexibility index (Phi) is 4.01. The molecule has 0 aliphatic carbocycles. The summed E-state index contributed by atoms with van der Waals surface area (Å²) in [5.74, 6) is -0.765. The molecule has 0 aliphatic rings. The predicted molar refractivity (Wildman–Crippen MR) is 65.8 cm³/mol. The fourth-order valence-electron chi connectivity index (χ4n) is 1.87. The van der Waals surface area contributed by atoms with Crippen LogP contribution in [0.2, 0.25) is 0 Å². The van der Waals surface area contributed by atoms with Crippen molar-refractivity contribution in [2.75, 3.05) is 14.2 Å². The molecule has 2 rings (SSSR count). The van der Waals surface area contributed by atoms with E-state index in [1.807, 2.05) is 0 Å². The molecular formula is C13H13F2N3O. The van der Waals surface area contributed by atoms with Crippen molar-refractivity contribution >= 4 is 0 Å². The molecule has 0 aliphatic heterocycles. The Hall–Kier alpha value is -2.08. The quantitative estimate of drug-likeness (QED) is 0.919. The number of nitrogens with zero attached hydrogens (tertiary/aromatic N) is 2. The number of nitrogens with one attached hydrogen (secondary N) is 1. The third-order valence-corrected chi connectivity index (χ3v) is 2.72. The van der Waals surface area contributed by atoms with Crippen LogP contribution in [0.25, 0.3) is 0 Å². The van der Waals surface area contributed by atoms with Gasteiger partial charge in [0.15, 0.2) is 0 Å². The van der Waals surface area contributed by atoms with Gasteiger partial charge in [0.1, 0.15) is 17.3 Å². The van der Waals surface area contributed by atoms with Crippen molar-refractivity contribution in [3.8, 4) is 5.88 Å². The second-order valence-electron chi connectivity index (χ2n) is 3.84. The molecule has 19 heavy (non-hydrogen) atoms. The molecule has 0 saturated carbocycles. The van der Waals surface area contributed by atoms with Gasteiger partial charge in [-0.2, -0.15) is 0 Å². The van der Waals surface area contributed by atoms with Gasteiger partial charge in [-0.1, -0.05) is 0 Å². The fraction of sp³-hybridized carbons (Fsp3) is 0.231. The highest BCUT2D eigenvalue weighted by atomic mass is 19.1. The molecule has 1 aromatic heterocycles. The summed E-state index contributed by atoms with van der Waals surface area (Å²) in [5.41, 5.74) is 0.554. The van der Waals surface area contributed by atoms with E-state index in [-0.39, 0.29) is 11.4 Å². The smallest absolute Gasteiger partial charge is 0.237 e. The van der Waals surface area contributed by atoms with Gasteiger partial charge in [-0.15, -0.1) is 0 Å². The number of ether oxygens (including phenoxy) is 1. The average molecular weight is 265 g/mol. The number of benzene rings is 1. The first kappa shape index (κ1) is 13.4. The van der Waals surface area contributed by atoms with E-state index in [9.17, 15) is 8.78 Å². The van der Waals surface area contributed by atoms with Crippen LogP contribution in [0.3, 0.4) is 0 Å². The minimum atomic E-state index is -0.639. The number of methoxy groups -OCH3 is 1. The van der Waals surface area contributed by atoms with Crippen molar-refractivity contribution in [3.05, 3.63) is 53.5 Å². The highest BCUT2D eigenvalue weighted by Crippen LogP contribution is 2.28. The first-order valence-corrected chi connectivity index (χ1v) is 5.64. The number of hydrogen-bond acceptors (Lipinski definition) is 4. The lowest BCUT2D eigenvalue weighted by Crippen LogP contribution is -2.21. The van der Waals surface area contributed by atoms with Crippen LogP contribution in [0, 0.1) is 11.6 Å². The fourth-order valence-corrected chi connectivity index (χ4v) is 1.87. The SMILES string of the molecule is CNC(c1cc(F)ccc1F)c1nccnc1OC. The standard InChI is InChI=1S/C13H13F2N3O/c1-16-11(9-7-8(14)3-4-10(9)15)12-13(19-2)18-6-5-17-12/h3-7,11,16H,1-2H3. The van der Waals surface area contributed by atoms with Crippen LogP contribution in [0.15, 0.2) is 30.6 Å². The molecule has 1 heterocycles. The van der Waals surface area contributed by atoms with E-state index in [1.54, 1.807) is 7.05 Å². The van der Waals surface area contributed by atoms with Gasteiger partial charge < -0.3 is 10.1 Å². The van der Waals surface area contributed by atoms with Crippen molar-refractivity contribution in [3.63, 3.8) is 0 Å². The van der Waals surface area contributed by atoms with Gasteiger partial charge in [-0.3, -0.25) is 4.98 Å². The minimum Gasteiger partial charge on any atom is -0.480 e. The maximum atomic E-state index is 13.8. The number of halogens is 2. The highest BCUT2D eigenvalue weighted by molar-refractivity contribution is 5.33. The van der Waals surface area contributed by atoms with E-state index < -0.39 is 17.7 Å². The van der Waals surface area contributed by atoms with Crippen molar-refractivity contribution < 1.29 is 13.5 Å². The monoisotopic (exact) mass is 265 g/mol. The summed E-state index contributed by atoms with van der Waals surface area (Å²) in [7, 11) is 3.07. The molecule has 100 valence electrons. The van der Waals surface area contributed by atoms with E-state index in [4.69, 9.17) is 4.74 Å². The van der Waals surface area contributed by atoms with E-state index in [0.29, 0.717) is 5.69 Å². The van der Waals surface area contributed by atoms with Crippen LogP contribution >= 0.6 is 0 Å². The highest BCUT2D eigenvalue weighted by Gasteiger charge is 2.22. The van der Waals surface area contributed by atoms with Crippen LogP contribution in [0.1, 0.15) is 17.3 Å². The van der Waals surface area contributed by atoms with Gasteiger partial charge in [0.2, 0.25) is 5.88 Å². The van der Waals surface area contributed by atoms with Crippen molar-refractivity contribution in [2.24, 2.45) is 0 Å². The predicted octanol–water partition coefficient (Wildman–Crippen LogP) is 2.07. The zero-order valence-corrected chi connectivity index (χ0v) is 10.5. The Balaban J connectivity index is 2.53. The first-order chi connectivity index (χ1) is 9.17. The molecule has 0 fully saturated rings. The lowest BCUT2D eigenvalue weighted by molar-refractivity contribution is 0.383. The third kappa shape index (κ3) is 2.68. The van der Waals surface area contributed by atoms with E-state index in [2.05, 4.69) is 15.3 Å². The van der Waals surface area contributed by atoms with Gasteiger partial charge >= 0.3 is 0 Å². The molecular weight excluding hydrogens is 252 g/mol. The van der Waals surface area contributed by atoms with Crippen LogP contribution in [0.4, 0.5) is 8.78 Å². The largest absolute Gasteiger partial charge is 0.480 e. The van der Waals surface area contributed by atoms with E-state index in [1.165, 1.54) is 19.5 Å². The van der Waals surface area contributed by atoms with E-state index in [0.717, 1.165) is 18.2 Å². The summed E-state index contributed by atoms with van der Waals surface area (Å²) in [6, 6.07) is 2.64. The molecule has 1 atom stereocenters. The second kappa shape index (κ2) is 5.71. The lowest BCUT2D eigenvalue weighted by Gasteiger charge is -2.18. The van der Waals surface area contributed by atoms with Crippen molar-refractivity contribution in [2.45, 2.75) is 6.04 Å². The topological polar surface area (TPSA) is 47.0 Å². The number of aromatic nitrogens is 2. The summed E-state index contributed by atoms with van der Waals surface area (Å²) in [6.45, 7) is 0. The van der Waals surface area contributed by atoms with Crippen molar-refractivity contribution in [1.29, 1.82) is 0 Å². The molecule has 2 aromatic rings. The summed E-state index contributed by atoms with van der Waals surface area (Å²) in [5, 5.41) is 2.89. The summed E-state index contributed by atoms with van der Waals surface area (Å²) in [4.78, 5) is 8.13. The summed E-state index contributed by atoms with van der Waals surface area (Å²) < 4.78 is 32.2. The van der Waals surface area contributed by atoms with Crippen molar-refractivity contribution in [1.82, 2.24) is 15.3 Å². The Morgan fingerprint density at radius 3 is 2.63 bits per heavy atom. The van der Waals surface area contributed by atoms with Gasteiger partial charge in [-0.05, 0) is 25.2 Å². The number of rotatable bonds is 4. The van der Waals surface area contributed by atoms with Gasteiger partial charge in [-0.25, -0.2) is 13.8 Å². The Labute approximate surface area is 109 Å². The van der Waals surface area contributed by atoms with Crippen LogP contribution < -0.4 is 10.1 Å². The maximum Gasteiger partial charge on any atom is 0.237 e. The normalized spacial score (nSPS) is 12.2. The van der Waals surface area contributed by atoms with Crippen LogP contribution in [0.5, 0.6) is 5.88 Å². The molecule has 1 N–H and O–H groups in total. The Morgan fingerprint density at radius 2 is 1.95 bits per heavy atom. The zero-order valence-electron chi connectivity index (χ0n) is 10.5. The first-order valence-electron chi connectivity index (χ1n) is 5.64. The van der Waals surface area contributed by atoms with Crippen LogP contribution in [-0.2, 0) is 0 Å². The van der Waals surface area contributed by atoms with Gasteiger partial charge in [0.25, 0.3) is 0 Å². The maximum absolute atomic E-state index is 13.8. The van der Waals surface area contributed by atoms with Gasteiger partial charge in [0.05, 0.1) is 13.2 Å². The summed E-state index contributed by atoms with van der Waals surface area (Å²) >= 11 is 0. The Bertz CT molecular complexity index is 578. The summed E-state index contributed by atoms with van der Waals surface area (Å²) in [6.07, 6.45) is 2.94. The lowest BCUT2D eigenvalue weighted by atomic mass is 10.0. The van der Waals surface area contributed by atoms with Crippen LogP contribution in [-0.4, -0.2) is 24.1 Å². The number of hydrogen-bond donors (Lipinski definition) is 1. The van der Waals surface area contributed by atoms with E-state index >= 15 is 0 Å². The minimum absolute atomic E-state index is 0.154. The molecule has 1 unspecified atom stereocenters. The molecule has 1 aromatic carbocycles. The molecule has 4 nitrogen and oxygen atoms in total. The Morgan fingerprint density at radius 1 is 1.21 bits per heavy atom. The average Bonchev–Trinajstić information content (AvgIpc) is 2.44. The second-order valence-corrected chi connectivity index (χ2v) is 3.84. The zero-order chi connectivity index (χ0) is 13.8. The molecule has 6 heteroatoms. The molecule has 0 bridgehead atoms. The third-order valence-electron chi connectivity index (χ3n) is 2.72. The molecule has 0 amide bonds. The molecule has 0 saturated heterocycles. The molecule has 0 spiro atoms.